The maximum Gasteiger partial charge on any atom is 0.271 e. The van der Waals surface area contributed by atoms with Gasteiger partial charge in [-0.05, 0) is 59.7 Å². The molecule has 0 radical (unpaired) electrons. The molecule has 5 aromatic rings. The molecule has 6 heteroatoms. The molecule has 3 atom stereocenters. The minimum Gasteiger partial charge on any atom is -0.497 e. The van der Waals surface area contributed by atoms with E-state index in [-0.39, 0.29) is 11.8 Å². The minimum absolute atomic E-state index is 0.146. The number of nitrogens with zero attached hydrogens (tertiary/aromatic N) is 2. The van der Waals surface area contributed by atoms with Gasteiger partial charge in [0.25, 0.3) is 11.8 Å². The van der Waals surface area contributed by atoms with Crippen molar-refractivity contribution in [1.82, 2.24) is 0 Å². The van der Waals surface area contributed by atoms with Crippen LogP contribution in [0.2, 0.25) is 0 Å². The fourth-order valence-corrected chi connectivity index (χ4v) is 6.48. The van der Waals surface area contributed by atoms with Crippen LogP contribution in [-0.2, 0) is 10.3 Å². The molecule has 7 rings (SSSR count). The molecular weight excluding hydrogens is 536 g/mol. The molecule has 0 bridgehead atoms. The standard InChI is InChI=1S/C37H30N2O4/c1-42-29-23-21-26(22-24-29)33-25-37(28-15-7-3-8-16-28)34(43-30-17-9-4-10-18-30)36(41)39(37)32-20-12-11-19-31(32)38(33)35(40)27-13-5-2-6-14-27/h2-24,33-34H,25H2,1H3/t33-,34-,37+/m1/s1. The van der Waals surface area contributed by atoms with E-state index in [0.29, 0.717) is 29.1 Å². The van der Waals surface area contributed by atoms with Gasteiger partial charge in [-0.3, -0.25) is 19.4 Å². The van der Waals surface area contributed by atoms with Crippen LogP contribution in [0.3, 0.4) is 0 Å². The number of methoxy groups -OCH3 is 1. The highest BCUT2D eigenvalue weighted by Gasteiger charge is 2.66. The van der Waals surface area contributed by atoms with Gasteiger partial charge in [0, 0.05) is 12.0 Å². The highest BCUT2D eigenvalue weighted by Crippen LogP contribution is 2.57. The minimum atomic E-state index is -0.902. The maximum absolute atomic E-state index is 14.5. The number of hydrogen-bond donors (Lipinski definition) is 0. The van der Waals surface area contributed by atoms with E-state index in [1.807, 2.05) is 149 Å². The Morgan fingerprint density at radius 2 is 1.28 bits per heavy atom. The Bertz CT molecular complexity index is 1760. The first-order valence-corrected chi connectivity index (χ1v) is 14.3. The SMILES string of the molecule is COc1ccc([C@H]2C[C@]3(c4ccccc4)[C@H](Oc4ccccc4)C(=O)N3c3ccccc3N2C(=O)c2ccccc2)cc1. The van der Waals surface area contributed by atoms with Crippen molar-refractivity contribution in [3.05, 3.63) is 156 Å². The summed E-state index contributed by atoms with van der Waals surface area (Å²) in [6.07, 6.45) is -0.405. The molecule has 212 valence electrons. The summed E-state index contributed by atoms with van der Waals surface area (Å²) in [6, 6.07) is 43.8. The number of carbonyl (C=O) groups excluding carboxylic acids is 2. The van der Waals surface area contributed by atoms with Crippen molar-refractivity contribution in [3.8, 4) is 11.5 Å². The van der Waals surface area contributed by atoms with Gasteiger partial charge in [-0.25, -0.2) is 0 Å². The molecule has 2 amide bonds. The number of hydrogen-bond acceptors (Lipinski definition) is 4. The number of benzene rings is 5. The number of amides is 2. The van der Waals surface area contributed by atoms with Crippen molar-refractivity contribution in [3.63, 3.8) is 0 Å². The molecule has 0 saturated carbocycles. The number of carbonyl (C=O) groups is 2. The summed E-state index contributed by atoms with van der Waals surface area (Å²) in [5, 5.41) is 0. The van der Waals surface area contributed by atoms with Crippen LogP contribution in [0.25, 0.3) is 0 Å². The van der Waals surface area contributed by atoms with Crippen LogP contribution >= 0.6 is 0 Å². The summed E-state index contributed by atoms with van der Waals surface area (Å²) in [5.74, 6) is 1.05. The average Bonchev–Trinajstić information content (AvgIpc) is 3.19. The fraction of sp³-hybridized carbons (Fsp3) is 0.135. The Morgan fingerprint density at radius 1 is 0.698 bits per heavy atom. The van der Waals surface area contributed by atoms with Crippen molar-refractivity contribution < 1.29 is 19.1 Å². The van der Waals surface area contributed by atoms with E-state index in [1.54, 1.807) is 7.11 Å². The third-order valence-electron chi connectivity index (χ3n) is 8.49. The Balaban J connectivity index is 1.48. The molecule has 0 N–H and O–H groups in total. The van der Waals surface area contributed by atoms with E-state index < -0.39 is 17.7 Å². The first kappa shape index (κ1) is 26.5. The lowest BCUT2D eigenvalue weighted by atomic mass is 9.70. The van der Waals surface area contributed by atoms with E-state index in [4.69, 9.17) is 9.47 Å². The van der Waals surface area contributed by atoms with Gasteiger partial charge >= 0.3 is 0 Å². The van der Waals surface area contributed by atoms with Crippen LogP contribution < -0.4 is 19.3 Å². The van der Waals surface area contributed by atoms with Crippen molar-refractivity contribution in [1.29, 1.82) is 0 Å². The first-order chi connectivity index (χ1) is 21.1. The topological polar surface area (TPSA) is 59.1 Å². The van der Waals surface area contributed by atoms with E-state index in [2.05, 4.69) is 0 Å². The van der Waals surface area contributed by atoms with E-state index in [9.17, 15) is 9.59 Å². The zero-order valence-corrected chi connectivity index (χ0v) is 23.7. The molecular formula is C37H30N2O4. The van der Waals surface area contributed by atoms with Crippen molar-refractivity contribution in [2.45, 2.75) is 24.1 Å². The molecule has 5 aromatic carbocycles. The van der Waals surface area contributed by atoms with Gasteiger partial charge in [0.05, 0.1) is 24.5 Å². The fourth-order valence-electron chi connectivity index (χ4n) is 6.48. The predicted octanol–water partition coefficient (Wildman–Crippen LogP) is 7.18. The molecule has 0 unspecified atom stereocenters. The van der Waals surface area contributed by atoms with Crippen molar-refractivity contribution in [2.75, 3.05) is 16.9 Å². The van der Waals surface area contributed by atoms with Crippen LogP contribution in [0, 0.1) is 0 Å². The second-order valence-electron chi connectivity index (χ2n) is 10.8. The normalized spacial score (nSPS) is 20.7. The van der Waals surface area contributed by atoms with Crippen LogP contribution in [0.15, 0.2) is 140 Å². The summed E-state index contributed by atoms with van der Waals surface area (Å²) in [4.78, 5) is 32.5. The Morgan fingerprint density at radius 3 is 1.93 bits per heavy atom. The van der Waals surface area contributed by atoms with Crippen LogP contribution in [-0.4, -0.2) is 25.0 Å². The summed E-state index contributed by atoms with van der Waals surface area (Å²) in [6.45, 7) is 0. The van der Waals surface area contributed by atoms with Gasteiger partial charge in [-0.15, -0.1) is 0 Å². The van der Waals surface area contributed by atoms with E-state index in [1.165, 1.54) is 0 Å². The number of para-hydroxylation sites is 3. The first-order valence-electron chi connectivity index (χ1n) is 14.3. The molecule has 1 saturated heterocycles. The summed E-state index contributed by atoms with van der Waals surface area (Å²) >= 11 is 0. The number of rotatable bonds is 6. The predicted molar refractivity (Wildman–Crippen MR) is 167 cm³/mol. The summed E-state index contributed by atoms with van der Waals surface area (Å²) in [7, 11) is 1.63. The van der Waals surface area contributed by atoms with Gasteiger partial charge in [0.15, 0.2) is 0 Å². The Labute approximate surface area is 250 Å². The quantitative estimate of drug-likeness (QED) is 0.204. The third-order valence-corrected chi connectivity index (χ3v) is 8.49. The summed E-state index contributed by atoms with van der Waals surface area (Å²) in [5.41, 5.74) is 2.87. The van der Waals surface area contributed by atoms with Gasteiger partial charge < -0.3 is 9.47 Å². The molecule has 43 heavy (non-hydrogen) atoms. The lowest BCUT2D eigenvalue weighted by Gasteiger charge is -2.56. The lowest BCUT2D eigenvalue weighted by molar-refractivity contribution is -0.142. The monoisotopic (exact) mass is 566 g/mol. The molecule has 2 heterocycles. The smallest absolute Gasteiger partial charge is 0.271 e. The molecule has 2 aliphatic heterocycles. The lowest BCUT2D eigenvalue weighted by Crippen LogP contribution is -2.74. The Kier molecular flexibility index (Phi) is 6.67. The molecule has 1 fully saturated rings. The van der Waals surface area contributed by atoms with E-state index >= 15 is 0 Å². The number of ether oxygens (including phenoxy) is 2. The van der Waals surface area contributed by atoms with Crippen molar-refractivity contribution >= 4 is 23.2 Å². The molecule has 0 aliphatic carbocycles. The van der Waals surface area contributed by atoms with Crippen molar-refractivity contribution in [2.24, 2.45) is 0 Å². The zero-order chi connectivity index (χ0) is 29.4. The van der Waals surface area contributed by atoms with Gasteiger partial charge in [-0.2, -0.15) is 0 Å². The highest BCUT2D eigenvalue weighted by atomic mass is 16.5. The highest BCUT2D eigenvalue weighted by molar-refractivity contribution is 6.14. The largest absolute Gasteiger partial charge is 0.497 e. The maximum atomic E-state index is 14.5. The van der Waals surface area contributed by atoms with Crippen LogP contribution in [0.1, 0.15) is 33.9 Å². The number of β-lactam (4-membered cyclic amide) rings is 1. The van der Waals surface area contributed by atoms with Crippen LogP contribution in [0.5, 0.6) is 11.5 Å². The second kappa shape index (κ2) is 10.8. The van der Waals surface area contributed by atoms with Gasteiger partial charge in [-0.1, -0.05) is 91.0 Å². The van der Waals surface area contributed by atoms with Gasteiger partial charge in [0.1, 0.15) is 17.0 Å². The average molecular weight is 567 g/mol. The molecule has 6 nitrogen and oxygen atoms in total. The van der Waals surface area contributed by atoms with Crippen LogP contribution in [0.4, 0.5) is 11.4 Å². The third kappa shape index (κ3) is 4.34. The van der Waals surface area contributed by atoms with Gasteiger partial charge in [0.2, 0.25) is 6.10 Å². The Hall–Kier alpha value is -5.36. The zero-order valence-electron chi connectivity index (χ0n) is 23.7. The summed E-state index contributed by atoms with van der Waals surface area (Å²) < 4.78 is 12.0. The second-order valence-corrected chi connectivity index (χ2v) is 10.8. The molecule has 2 aliphatic rings. The number of anilines is 2. The number of fused-ring (bicyclic) bond motifs is 3. The molecule has 0 spiro atoms. The van der Waals surface area contributed by atoms with E-state index in [0.717, 1.165) is 16.9 Å². The molecule has 0 aromatic heterocycles.